The van der Waals surface area contributed by atoms with E-state index in [1.807, 2.05) is 13.8 Å². The molecule has 4 saturated carbocycles. The van der Waals surface area contributed by atoms with Crippen molar-refractivity contribution in [2.45, 2.75) is 223 Å². The monoisotopic (exact) mass is 670 g/mol. The largest absolute Gasteiger partial charge is 0.314 e. The van der Waals surface area contributed by atoms with Gasteiger partial charge < -0.3 is 5.32 Å². The molecule has 7 unspecified atom stereocenters. The lowest BCUT2D eigenvalue weighted by Crippen LogP contribution is -2.42. The topological polar surface area (TPSA) is 12.0 Å². The third-order valence-electron chi connectivity index (χ3n) is 15.9. The molecule has 4 fully saturated rings. The smallest absolute Gasteiger partial charge is 0.00953 e. The van der Waals surface area contributed by atoms with E-state index in [-0.39, 0.29) is 0 Å². The molecule has 1 N–H and O–H groups in total. The first-order chi connectivity index (χ1) is 23.0. The third-order valence-corrected chi connectivity index (χ3v) is 15.9. The summed E-state index contributed by atoms with van der Waals surface area (Å²) in [7, 11) is 0. The van der Waals surface area contributed by atoms with E-state index in [1.54, 1.807) is 44.9 Å². The van der Waals surface area contributed by atoms with Crippen LogP contribution in [0.5, 0.6) is 0 Å². The Morgan fingerprint density at radius 2 is 1.08 bits per heavy atom. The van der Waals surface area contributed by atoms with E-state index in [1.165, 1.54) is 96.3 Å². The molecule has 0 radical (unpaired) electrons. The first kappa shape index (κ1) is 42.4. The van der Waals surface area contributed by atoms with Crippen molar-refractivity contribution in [3.05, 3.63) is 0 Å². The predicted molar refractivity (Wildman–Crippen MR) is 216 cm³/mol. The summed E-state index contributed by atoms with van der Waals surface area (Å²) in [5, 5.41) is 4.03. The third kappa shape index (κ3) is 12.0. The Labute approximate surface area is 304 Å². The summed E-state index contributed by atoms with van der Waals surface area (Å²) in [6.07, 6.45) is 33.0. The van der Waals surface area contributed by atoms with Gasteiger partial charge in [-0.05, 0) is 166 Å². The lowest BCUT2D eigenvalue weighted by Gasteiger charge is -2.50. The average molecular weight is 670 g/mol. The molecule has 0 aromatic rings. The summed E-state index contributed by atoms with van der Waals surface area (Å²) in [5.74, 6) is 9.83. The van der Waals surface area contributed by atoms with Crippen molar-refractivity contribution in [2.75, 3.05) is 6.54 Å². The lowest BCUT2D eigenvalue weighted by molar-refractivity contribution is 0.00867. The molecule has 0 aliphatic heterocycles. The first-order valence-corrected chi connectivity index (χ1v) is 22.7. The van der Waals surface area contributed by atoms with Crippen LogP contribution in [-0.2, 0) is 0 Å². The Kier molecular flexibility index (Phi) is 18.4. The SMILES string of the molecule is CC.CCCCCCCC(NCC)C1CCCC(C2CC(C3CCC(C(C)(C)C)CC3)CC(C3CCC(C(C)(C)C(C)CC)CC3)C2)C1. The van der Waals surface area contributed by atoms with E-state index >= 15 is 0 Å². The molecular weight excluding hydrogens is 579 g/mol. The minimum absolute atomic E-state index is 0.500. The number of hydrogen-bond donors (Lipinski definition) is 1. The molecule has 0 saturated heterocycles. The molecule has 48 heavy (non-hydrogen) atoms. The zero-order valence-corrected chi connectivity index (χ0v) is 35.1. The molecule has 0 amide bonds. The van der Waals surface area contributed by atoms with Gasteiger partial charge in [0.1, 0.15) is 0 Å². The highest BCUT2D eigenvalue weighted by Gasteiger charge is 2.44. The summed E-state index contributed by atoms with van der Waals surface area (Å²) in [6, 6.07) is 0.779. The van der Waals surface area contributed by atoms with E-state index in [2.05, 4.69) is 67.6 Å². The first-order valence-electron chi connectivity index (χ1n) is 22.7. The molecule has 0 aromatic heterocycles. The van der Waals surface area contributed by atoms with Crippen molar-refractivity contribution in [3.8, 4) is 0 Å². The van der Waals surface area contributed by atoms with Gasteiger partial charge in [-0.15, -0.1) is 0 Å². The van der Waals surface area contributed by atoms with Crippen LogP contribution in [0, 0.1) is 70.0 Å². The van der Waals surface area contributed by atoms with Crippen LogP contribution < -0.4 is 5.32 Å². The van der Waals surface area contributed by atoms with Gasteiger partial charge in [0.25, 0.3) is 0 Å². The van der Waals surface area contributed by atoms with Crippen LogP contribution in [0.25, 0.3) is 0 Å². The normalized spacial score (nSPS) is 34.9. The molecule has 0 heterocycles. The quantitative estimate of drug-likeness (QED) is 0.171. The summed E-state index contributed by atoms with van der Waals surface area (Å²) in [5.41, 5.74) is 1.01. The van der Waals surface area contributed by atoms with Gasteiger partial charge in [0.15, 0.2) is 0 Å². The van der Waals surface area contributed by atoms with E-state index in [4.69, 9.17) is 0 Å². The molecule has 4 rings (SSSR count). The number of nitrogens with one attached hydrogen (secondary N) is 1. The standard InChI is InChI=1S/C45H85N.C2H6/c1-10-13-14-15-16-20-43(46-12-3)37-19-17-18-36(29-37)40-31-38(34-21-25-41(26-22-34)44(5,6)7)30-39(32-40)35-23-27-42(28-24-35)45(8,9)33(4)11-2;1-2/h33-43,46H,10-32H2,1-9H3;1-2H3. The van der Waals surface area contributed by atoms with Crippen LogP contribution in [-0.4, -0.2) is 12.6 Å². The van der Waals surface area contributed by atoms with E-state index in [9.17, 15) is 0 Å². The zero-order chi connectivity index (χ0) is 35.3. The van der Waals surface area contributed by atoms with Crippen molar-refractivity contribution >= 4 is 0 Å². The van der Waals surface area contributed by atoms with E-state index in [0.29, 0.717) is 10.8 Å². The van der Waals surface area contributed by atoms with Crippen molar-refractivity contribution in [3.63, 3.8) is 0 Å². The molecule has 4 aliphatic rings. The fourth-order valence-corrected chi connectivity index (χ4v) is 12.1. The fourth-order valence-electron chi connectivity index (χ4n) is 12.1. The molecule has 0 aromatic carbocycles. The van der Waals surface area contributed by atoms with Gasteiger partial charge in [0, 0.05) is 6.04 Å². The molecule has 4 aliphatic carbocycles. The summed E-state index contributed by atoms with van der Waals surface area (Å²) in [6.45, 7) is 27.5. The lowest BCUT2D eigenvalue weighted by atomic mass is 9.56. The summed E-state index contributed by atoms with van der Waals surface area (Å²) in [4.78, 5) is 0. The molecule has 7 atom stereocenters. The van der Waals surface area contributed by atoms with E-state index in [0.717, 1.165) is 71.8 Å². The highest BCUT2D eigenvalue weighted by atomic mass is 14.9. The molecule has 1 nitrogen and oxygen atoms in total. The summed E-state index contributed by atoms with van der Waals surface area (Å²) >= 11 is 0. The second-order valence-electron chi connectivity index (χ2n) is 19.8. The predicted octanol–water partition coefficient (Wildman–Crippen LogP) is 14.9. The Morgan fingerprint density at radius 3 is 1.58 bits per heavy atom. The van der Waals surface area contributed by atoms with Crippen molar-refractivity contribution < 1.29 is 0 Å². The highest BCUT2D eigenvalue weighted by Crippen LogP contribution is 2.54. The van der Waals surface area contributed by atoms with E-state index < -0.39 is 0 Å². The number of rotatable bonds is 15. The van der Waals surface area contributed by atoms with Crippen LogP contribution in [0.3, 0.4) is 0 Å². The molecule has 0 spiro atoms. The Morgan fingerprint density at radius 1 is 0.562 bits per heavy atom. The van der Waals surface area contributed by atoms with Gasteiger partial charge >= 0.3 is 0 Å². The zero-order valence-electron chi connectivity index (χ0n) is 35.1. The molecule has 284 valence electrons. The van der Waals surface area contributed by atoms with Crippen LogP contribution in [0.2, 0.25) is 0 Å². The minimum atomic E-state index is 0.500. The highest BCUT2D eigenvalue weighted by molar-refractivity contribution is 4.95. The number of hydrogen-bond acceptors (Lipinski definition) is 1. The van der Waals surface area contributed by atoms with Gasteiger partial charge in [0.2, 0.25) is 0 Å². The maximum Gasteiger partial charge on any atom is 0.00953 e. The Balaban J connectivity index is 0.00000307. The molecule has 0 bridgehead atoms. The van der Waals surface area contributed by atoms with Crippen LogP contribution >= 0.6 is 0 Å². The Hall–Kier alpha value is -0.0400. The molecular formula is C47H91N. The van der Waals surface area contributed by atoms with Crippen LogP contribution in [0.15, 0.2) is 0 Å². The molecule has 1 heteroatoms. The average Bonchev–Trinajstić information content (AvgIpc) is 3.11. The fraction of sp³-hybridized carbons (Fsp3) is 1.00. The second kappa shape index (κ2) is 20.9. The summed E-state index contributed by atoms with van der Waals surface area (Å²) < 4.78 is 0. The van der Waals surface area contributed by atoms with Gasteiger partial charge in [0.05, 0.1) is 0 Å². The van der Waals surface area contributed by atoms with Crippen LogP contribution in [0.1, 0.15) is 217 Å². The van der Waals surface area contributed by atoms with Gasteiger partial charge in [-0.2, -0.15) is 0 Å². The number of unbranched alkanes of at least 4 members (excludes halogenated alkanes) is 4. The van der Waals surface area contributed by atoms with Crippen molar-refractivity contribution in [1.29, 1.82) is 0 Å². The van der Waals surface area contributed by atoms with Gasteiger partial charge in [-0.3, -0.25) is 0 Å². The minimum Gasteiger partial charge on any atom is -0.314 e. The van der Waals surface area contributed by atoms with Gasteiger partial charge in [-0.25, -0.2) is 0 Å². The maximum absolute atomic E-state index is 4.03. The Bertz CT molecular complexity index is 820. The van der Waals surface area contributed by atoms with Gasteiger partial charge in [-0.1, -0.05) is 128 Å². The second-order valence-corrected chi connectivity index (χ2v) is 19.8. The van der Waals surface area contributed by atoms with Crippen molar-refractivity contribution in [1.82, 2.24) is 5.32 Å². The van der Waals surface area contributed by atoms with Crippen molar-refractivity contribution in [2.24, 2.45) is 70.0 Å². The maximum atomic E-state index is 4.03. The van der Waals surface area contributed by atoms with Crippen LogP contribution in [0.4, 0.5) is 0 Å².